The van der Waals surface area contributed by atoms with Crippen molar-refractivity contribution in [3.63, 3.8) is 0 Å². The Morgan fingerprint density at radius 2 is 1.74 bits per heavy atom. The molecule has 3 fully saturated rings. The predicted octanol–water partition coefficient (Wildman–Crippen LogP) is 4.60. The largest absolute Gasteiger partial charge is 0.462 e. The minimum Gasteiger partial charge on any atom is -0.462 e. The third-order valence-electron chi connectivity index (χ3n) is 8.88. The lowest BCUT2D eigenvalue weighted by molar-refractivity contribution is -0.123. The van der Waals surface area contributed by atoms with Gasteiger partial charge in [-0.3, -0.25) is 19.3 Å². The van der Waals surface area contributed by atoms with Gasteiger partial charge in [-0.1, -0.05) is 35.6 Å². The number of carbonyl (C=O) groups excluding carboxylic acids is 3. The maximum Gasteiger partial charge on any atom is 0.338 e. The van der Waals surface area contributed by atoms with Crippen molar-refractivity contribution >= 4 is 46.6 Å². The van der Waals surface area contributed by atoms with Crippen molar-refractivity contribution in [2.45, 2.75) is 36.5 Å². The zero-order valence-corrected chi connectivity index (χ0v) is 22.5. The van der Waals surface area contributed by atoms with Crippen molar-refractivity contribution < 1.29 is 19.1 Å². The molecule has 3 aromatic rings. The monoisotopic (exact) mass is 546 g/mol. The fourth-order valence-electron chi connectivity index (χ4n) is 7.52. The lowest BCUT2D eigenvalue weighted by Gasteiger charge is -2.43. The summed E-state index contributed by atoms with van der Waals surface area (Å²) in [5.74, 6) is -1.09. The number of imide groups is 1. The number of aryl methyl sites for hydroxylation is 1. The number of anilines is 1. The summed E-state index contributed by atoms with van der Waals surface area (Å²) >= 11 is 2.97. The molecule has 3 heterocycles. The van der Waals surface area contributed by atoms with E-state index in [1.807, 2.05) is 12.1 Å². The number of H-pyrrole nitrogens is 1. The highest BCUT2D eigenvalue weighted by atomic mass is 32.2. The summed E-state index contributed by atoms with van der Waals surface area (Å²) in [5.41, 5.74) is 3.26. The molecular weight excluding hydrogens is 520 g/mol. The summed E-state index contributed by atoms with van der Waals surface area (Å²) in [7, 11) is 0. The number of carbonyl (C=O) groups is 3. The molecule has 0 spiro atoms. The van der Waals surface area contributed by atoms with Crippen LogP contribution in [-0.2, 0) is 14.3 Å². The number of thioether (sulfide) groups is 1. The Bertz CT molecular complexity index is 1540. The van der Waals surface area contributed by atoms with Crippen LogP contribution >= 0.6 is 23.1 Å². The van der Waals surface area contributed by atoms with Crippen LogP contribution in [0, 0.1) is 36.5 Å². The average molecular weight is 547 g/mol. The van der Waals surface area contributed by atoms with Crippen molar-refractivity contribution in [2.75, 3.05) is 11.5 Å². The van der Waals surface area contributed by atoms with Gasteiger partial charge >= 0.3 is 10.8 Å². The first-order valence-electron chi connectivity index (χ1n) is 13.0. The number of hydrogen-bond acceptors (Lipinski definition) is 7. The number of aromatic nitrogens is 1. The minimum atomic E-state index is -0.429. The first-order chi connectivity index (χ1) is 18.4. The third-order valence-corrected chi connectivity index (χ3v) is 11.5. The molecule has 0 radical (unpaired) electrons. The molecule has 1 aromatic heterocycles. The molecule has 7 atom stereocenters. The maximum absolute atomic E-state index is 13.9. The number of amides is 2. The van der Waals surface area contributed by atoms with Gasteiger partial charge < -0.3 is 9.72 Å². The van der Waals surface area contributed by atoms with Crippen LogP contribution in [0.25, 0.3) is 0 Å². The Morgan fingerprint density at radius 1 is 1.03 bits per heavy atom. The molecule has 194 valence electrons. The van der Waals surface area contributed by atoms with Crippen molar-refractivity contribution in [1.29, 1.82) is 0 Å². The highest BCUT2D eigenvalue weighted by molar-refractivity contribution is 8.00. The van der Waals surface area contributed by atoms with E-state index in [-0.39, 0.29) is 64.1 Å². The smallest absolute Gasteiger partial charge is 0.338 e. The molecule has 4 aliphatic rings. The molecule has 0 unspecified atom stereocenters. The van der Waals surface area contributed by atoms with Gasteiger partial charge in [-0.05, 0) is 73.4 Å². The number of ether oxygens (including phenoxy) is 1. The Labute approximate surface area is 227 Å². The van der Waals surface area contributed by atoms with Gasteiger partial charge in [0.1, 0.15) is 0 Å². The van der Waals surface area contributed by atoms with Crippen LogP contribution in [0.3, 0.4) is 0 Å². The number of thiazole rings is 1. The number of rotatable bonds is 4. The highest BCUT2D eigenvalue weighted by Crippen LogP contribution is 2.68. The predicted molar refractivity (Wildman–Crippen MR) is 145 cm³/mol. The highest BCUT2D eigenvalue weighted by Gasteiger charge is 2.69. The standard InChI is InChI=1S/C29H26N2O5S2/c1-3-36-28(34)14-8-10-15(11-9-14)31-26(32)21-17-12-18(22(21)27(31)33)23-20(17)19(16-7-5-4-6-13(16)2)24-25(37-23)30-29(35)38-24/h4-11,17-23H,3,12H2,1-2H3,(H,30,35)/t17-,18-,19-,20+,21-,22-,23+/m1/s1. The zero-order chi connectivity index (χ0) is 26.3. The van der Waals surface area contributed by atoms with E-state index in [1.54, 1.807) is 43.0 Å². The van der Waals surface area contributed by atoms with Crippen molar-refractivity contribution in [1.82, 2.24) is 4.98 Å². The fraction of sp³-hybridized carbons (Fsp3) is 0.379. The average Bonchev–Trinajstić information content (AvgIpc) is 3.64. The number of hydrogen-bond donors (Lipinski definition) is 1. The Kier molecular flexibility index (Phi) is 5.46. The molecule has 38 heavy (non-hydrogen) atoms. The molecule has 1 N–H and O–H groups in total. The maximum atomic E-state index is 13.9. The second-order valence-corrected chi connectivity index (χ2v) is 12.8. The van der Waals surface area contributed by atoms with Gasteiger partial charge in [0.05, 0.1) is 34.7 Å². The normalized spacial score (nSPS) is 30.8. The second-order valence-electron chi connectivity index (χ2n) is 10.6. The van der Waals surface area contributed by atoms with Crippen molar-refractivity contribution in [3.05, 3.63) is 79.8 Å². The lowest BCUT2D eigenvalue weighted by Crippen LogP contribution is -2.42. The van der Waals surface area contributed by atoms with Crippen LogP contribution in [0.15, 0.2) is 58.4 Å². The summed E-state index contributed by atoms with van der Waals surface area (Å²) in [5, 5.41) is 1.08. The zero-order valence-electron chi connectivity index (χ0n) is 20.9. The van der Waals surface area contributed by atoms with Crippen molar-refractivity contribution in [2.24, 2.45) is 29.6 Å². The Morgan fingerprint density at radius 3 is 2.45 bits per heavy atom. The van der Waals surface area contributed by atoms with E-state index in [4.69, 9.17) is 4.74 Å². The minimum absolute atomic E-state index is 0.0261. The summed E-state index contributed by atoms with van der Waals surface area (Å²) in [4.78, 5) is 57.6. The van der Waals surface area contributed by atoms with Crippen LogP contribution in [0.1, 0.15) is 45.6 Å². The molecule has 2 aliphatic carbocycles. The third kappa shape index (κ3) is 3.27. The van der Waals surface area contributed by atoms with Crippen LogP contribution < -0.4 is 9.77 Å². The molecule has 9 heteroatoms. The summed E-state index contributed by atoms with van der Waals surface area (Å²) in [6.45, 7) is 4.13. The number of nitrogens with zero attached hydrogens (tertiary/aromatic N) is 1. The fourth-order valence-corrected chi connectivity index (χ4v) is 10.4. The molecule has 2 aromatic carbocycles. The lowest BCUT2D eigenvalue weighted by atomic mass is 9.67. The molecule has 2 aliphatic heterocycles. The molecule has 1 saturated heterocycles. The van der Waals surface area contributed by atoms with Crippen LogP contribution in [0.2, 0.25) is 0 Å². The molecule has 7 rings (SSSR count). The van der Waals surface area contributed by atoms with Gasteiger partial charge in [0.25, 0.3) is 0 Å². The molecular formula is C29H26N2O5S2. The van der Waals surface area contributed by atoms with Gasteiger partial charge in [0.15, 0.2) is 0 Å². The van der Waals surface area contributed by atoms with E-state index in [2.05, 4.69) is 24.0 Å². The topological polar surface area (TPSA) is 96.5 Å². The Hall–Kier alpha value is -3.17. The first kappa shape index (κ1) is 23.9. The van der Waals surface area contributed by atoms with Gasteiger partial charge in [-0.25, -0.2) is 4.79 Å². The quantitative estimate of drug-likeness (QED) is 0.380. The van der Waals surface area contributed by atoms with E-state index in [0.717, 1.165) is 16.3 Å². The van der Waals surface area contributed by atoms with Crippen molar-refractivity contribution in [3.8, 4) is 0 Å². The molecule has 7 nitrogen and oxygen atoms in total. The number of fused-ring (bicyclic) bond motifs is 9. The molecule has 2 amide bonds. The van der Waals surface area contributed by atoms with Gasteiger partial charge in [-0.2, -0.15) is 0 Å². The van der Waals surface area contributed by atoms with Gasteiger partial charge in [-0.15, -0.1) is 11.8 Å². The van der Waals surface area contributed by atoms with Gasteiger partial charge in [0.2, 0.25) is 11.8 Å². The van der Waals surface area contributed by atoms with E-state index in [9.17, 15) is 19.2 Å². The summed E-state index contributed by atoms with van der Waals surface area (Å²) < 4.78 is 5.06. The second kappa shape index (κ2) is 8.68. The SMILES string of the molecule is CCOC(=O)c1ccc(N2C(=O)[C@@H]3[C@H]4C[C@@H]([C@H]3C2=O)[C@H]2[C@@H](c3ccccc3C)c3sc(=O)[nH]c3S[C@@H]42)cc1. The molecule has 2 saturated carbocycles. The molecule has 2 bridgehead atoms. The number of aromatic amines is 1. The number of nitrogens with one attached hydrogen (secondary N) is 1. The summed E-state index contributed by atoms with van der Waals surface area (Å²) in [6, 6.07) is 14.8. The van der Waals surface area contributed by atoms with E-state index < -0.39 is 5.97 Å². The van der Waals surface area contributed by atoms with Crippen LogP contribution in [0.4, 0.5) is 5.69 Å². The van der Waals surface area contributed by atoms with Gasteiger partial charge in [0, 0.05) is 16.0 Å². The van der Waals surface area contributed by atoms with E-state index >= 15 is 0 Å². The Balaban J connectivity index is 1.26. The summed E-state index contributed by atoms with van der Waals surface area (Å²) in [6.07, 6.45) is 0.854. The first-order valence-corrected chi connectivity index (χ1v) is 14.7. The van der Waals surface area contributed by atoms with E-state index in [1.165, 1.54) is 27.4 Å². The number of esters is 1. The van der Waals surface area contributed by atoms with E-state index in [0.29, 0.717) is 11.3 Å². The number of benzene rings is 2. The van der Waals surface area contributed by atoms with Crippen LogP contribution in [-0.4, -0.2) is 34.6 Å². The van der Waals surface area contributed by atoms with Crippen LogP contribution in [0.5, 0.6) is 0 Å².